The van der Waals surface area contributed by atoms with Gasteiger partial charge in [-0.15, -0.1) is 10.2 Å². The Morgan fingerprint density at radius 1 is 1.38 bits per heavy atom. The van der Waals surface area contributed by atoms with Gasteiger partial charge in [-0.3, -0.25) is 4.79 Å². The molecule has 0 aliphatic carbocycles. The number of halogens is 1. The van der Waals surface area contributed by atoms with E-state index in [1.54, 1.807) is 6.92 Å². The van der Waals surface area contributed by atoms with E-state index in [1.165, 1.54) is 0 Å². The predicted octanol–water partition coefficient (Wildman–Crippen LogP) is 1.72. The molecular formula is C10H14ClN3O2. The van der Waals surface area contributed by atoms with Crippen molar-refractivity contribution in [1.29, 1.82) is 0 Å². The number of carbonyl (C=O) groups is 1. The quantitative estimate of drug-likeness (QED) is 0.816. The minimum Gasteiger partial charge on any atom is -0.465 e. The van der Waals surface area contributed by atoms with Gasteiger partial charge in [0, 0.05) is 0 Å². The maximum absolute atomic E-state index is 11.1. The molecular weight excluding hydrogens is 230 g/mol. The highest BCUT2D eigenvalue weighted by Gasteiger charge is 2.09. The van der Waals surface area contributed by atoms with Gasteiger partial charge in [-0.25, -0.2) is 0 Å². The van der Waals surface area contributed by atoms with E-state index in [4.69, 9.17) is 16.3 Å². The van der Waals surface area contributed by atoms with Crippen LogP contribution in [0.15, 0.2) is 0 Å². The van der Waals surface area contributed by atoms with Gasteiger partial charge >= 0.3 is 5.97 Å². The first-order valence-electron chi connectivity index (χ1n) is 4.95. The van der Waals surface area contributed by atoms with Gasteiger partial charge in [-0.05, 0) is 31.9 Å². The van der Waals surface area contributed by atoms with Crippen LogP contribution in [0.3, 0.4) is 0 Å². The Hall–Kier alpha value is -1.36. The van der Waals surface area contributed by atoms with Crippen LogP contribution in [0.25, 0.3) is 0 Å². The monoisotopic (exact) mass is 243 g/mol. The van der Waals surface area contributed by atoms with Gasteiger partial charge in [0.2, 0.25) is 0 Å². The Kier molecular flexibility index (Phi) is 4.49. The molecule has 1 N–H and O–H groups in total. The lowest BCUT2D eigenvalue weighted by molar-refractivity contribution is -0.140. The van der Waals surface area contributed by atoms with Gasteiger partial charge in [-0.1, -0.05) is 11.6 Å². The van der Waals surface area contributed by atoms with Crippen LogP contribution in [0.1, 0.15) is 18.1 Å². The molecule has 6 heteroatoms. The molecule has 1 aromatic rings. The summed E-state index contributed by atoms with van der Waals surface area (Å²) in [7, 11) is 0. The van der Waals surface area contributed by atoms with Crippen LogP contribution in [-0.2, 0) is 9.53 Å². The third-order valence-corrected chi connectivity index (χ3v) is 2.53. The van der Waals surface area contributed by atoms with Crippen LogP contribution in [0.4, 0.5) is 5.82 Å². The summed E-state index contributed by atoms with van der Waals surface area (Å²) in [5, 5.41) is 10.9. The van der Waals surface area contributed by atoms with Crippen molar-refractivity contribution in [2.24, 2.45) is 0 Å². The molecule has 0 aliphatic rings. The fraction of sp³-hybridized carbons (Fsp3) is 0.500. The average Bonchev–Trinajstić information content (AvgIpc) is 2.25. The van der Waals surface area contributed by atoms with Gasteiger partial charge < -0.3 is 10.1 Å². The molecule has 0 fully saturated rings. The van der Waals surface area contributed by atoms with Crippen LogP contribution >= 0.6 is 11.6 Å². The molecule has 0 aromatic carbocycles. The molecule has 16 heavy (non-hydrogen) atoms. The van der Waals surface area contributed by atoms with E-state index in [0.717, 1.165) is 11.1 Å². The van der Waals surface area contributed by atoms with Crippen molar-refractivity contribution in [3.05, 3.63) is 16.3 Å². The summed E-state index contributed by atoms with van der Waals surface area (Å²) in [6.07, 6.45) is 0. The number of hydrogen-bond donors (Lipinski definition) is 1. The summed E-state index contributed by atoms with van der Waals surface area (Å²) in [4.78, 5) is 11.1. The first kappa shape index (κ1) is 12.7. The number of nitrogens with one attached hydrogen (secondary N) is 1. The van der Waals surface area contributed by atoms with E-state index in [-0.39, 0.29) is 12.5 Å². The minimum atomic E-state index is -0.323. The standard InChI is InChI=1S/C10H14ClN3O2/c1-4-16-8(15)5-12-10-7(3)6(2)9(11)13-14-10/h4-5H2,1-3H3,(H,12,14). The van der Waals surface area contributed by atoms with Crippen molar-refractivity contribution in [3.8, 4) is 0 Å². The lowest BCUT2D eigenvalue weighted by Gasteiger charge is -2.09. The Labute approximate surface area is 99.2 Å². The number of aromatic nitrogens is 2. The zero-order valence-electron chi connectivity index (χ0n) is 9.50. The number of rotatable bonds is 4. The molecule has 0 atom stereocenters. The fourth-order valence-corrected chi connectivity index (χ4v) is 1.29. The van der Waals surface area contributed by atoms with Crippen LogP contribution in [0.5, 0.6) is 0 Å². The molecule has 1 rings (SSSR count). The SMILES string of the molecule is CCOC(=O)CNc1nnc(Cl)c(C)c1C. The Morgan fingerprint density at radius 2 is 2.06 bits per heavy atom. The van der Waals surface area contributed by atoms with Crippen molar-refractivity contribution in [3.63, 3.8) is 0 Å². The first-order chi connectivity index (χ1) is 7.56. The van der Waals surface area contributed by atoms with E-state index in [2.05, 4.69) is 15.5 Å². The molecule has 1 heterocycles. The maximum atomic E-state index is 11.1. The van der Waals surface area contributed by atoms with E-state index in [9.17, 15) is 4.79 Å². The normalized spacial score (nSPS) is 10.0. The van der Waals surface area contributed by atoms with Crippen LogP contribution in [-0.4, -0.2) is 29.3 Å². The average molecular weight is 244 g/mol. The molecule has 5 nitrogen and oxygen atoms in total. The summed E-state index contributed by atoms with van der Waals surface area (Å²) in [5.74, 6) is 0.228. The first-order valence-corrected chi connectivity index (χ1v) is 5.33. The van der Waals surface area contributed by atoms with Gasteiger partial charge in [0.25, 0.3) is 0 Å². The highest BCUT2D eigenvalue weighted by Crippen LogP contribution is 2.20. The zero-order chi connectivity index (χ0) is 12.1. The summed E-state index contributed by atoms with van der Waals surface area (Å²) in [6, 6.07) is 0. The summed E-state index contributed by atoms with van der Waals surface area (Å²) >= 11 is 5.81. The van der Waals surface area contributed by atoms with Gasteiger partial charge in [0.05, 0.1) is 6.61 Å². The molecule has 0 bridgehead atoms. The smallest absolute Gasteiger partial charge is 0.325 e. The largest absolute Gasteiger partial charge is 0.465 e. The molecule has 0 saturated carbocycles. The van der Waals surface area contributed by atoms with E-state index in [1.807, 2.05) is 13.8 Å². The number of esters is 1. The number of carbonyl (C=O) groups excluding carboxylic acids is 1. The van der Waals surface area contributed by atoms with Crippen molar-refractivity contribution in [2.45, 2.75) is 20.8 Å². The fourth-order valence-electron chi connectivity index (χ4n) is 1.11. The van der Waals surface area contributed by atoms with Gasteiger partial charge in [0.15, 0.2) is 11.0 Å². The zero-order valence-corrected chi connectivity index (χ0v) is 10.3. The molecule has 0 aliphatic heterocycles. The second kappa shape index (κ2) is 5.65. The predicted molar refractivity (Wildman–Crippen MR) is 61.6 cm³/mol. The third kappa shape index (κ3) is 3.06. The Bertz CT molecular complexity index is 396. The lowest BCUT2D eigenvalue weighted by Crippen LogP contribution is -2.18. The van der Waals surface area contributed by atoms with E-state index < -0.39 is 0 Å². The molecule has 1 aromatic heterocycles. The maximum Gasteiger partial charge on any atom is 0.325 e. The summed E-state index contributed by atoms with van der Waals surface area (Å²) in [6.45, 7) is 5.91. The van der Waals surface area contributed by atoms with Crippen molar-refractivity contribution >= 4 is 23.4 Å². The molecule has 0 spiro atoms. The molecule has 0 saturated heterocycles. The Balaban J connectivity index is 2.68. The number of hydrogen-bond acceptors (Lipinski definition) is 5. The van der Waals surface area contributed by atoms with E-state index >= 15 is 0 Å². The summed E-state index contributed by atoms with van der Waals surface area (Å²) < 4.78 is 4.78. The Morgan fingerprint density at radius 3 is 2.69 bits per heavy atom. The highest BCUT2D eigenvalue weighted by atomic mass is 35.5. The number of anilines is 1. The molecule has 0 amide bonds. The number of nitrogens with zero attached hydrogens (tertiary/aromatic N) is 2. The lowest BCUT2D eigenvalue weighted by atomic mass is 10.2. The third-order valence-electron chi connectivity index (χ3n) is 2.17. The van der Waals surface area contributed by atoms with Crippen LogP contribution in [0.2, 0.25) is 5.15 Å². The van der Waals surface area contributed by atoms with Crippen molar-refractivity contribution in [2.75, 3.05) is 18.5 Å². The van der Waals surface area contributed by atoms with Crippen molar-refractivity contribution < 1.29 is 9.53 Å². The van der Waals surface area contributed by atoms with Crippen LogP contribution in [0, 0.1) is 13.8 Å². The topological polar surface area (TPSA) is 64.1 Å². The second-order valence-corrected chi connectivity index (χ2v) is 3.61. The molecule has 88 valence electrons. The van der Waals surface area contributed by atoms with Crippen molar-refractivity contribution in [1.82, 2.24) is 10.2 Å². The minimum absolute atomic E-state index is 0.0738. The highest BCUT2D eigenvalue weighted by molar-refractivity contribution is 6.30. The van der Waals surface area contributed by atoms with E-state index in [0.29, 0.717) is 17.6 Å². The van der Waals surface area contributed by atoms with Gasteiger partial charge in [0.1, 0.15) is 6.54 Å². The second-order valence-electron chi connectivity index (χ2n) is 3.25. The van der Waals surface area contributed by atoms with Gasteiger partial charge in [-0.2, -0.15) is 0 Å². The summed E-state index contributed by atoms with van der Waals surface area (Å²) in [5.41, 5.74) is 1.73. The number of ether oxygens (including phenoxy) is 1. The molecule has 0 radical (unpaired) electrons. The molecule has 0 unspecified atom stereocenters. The van der Waals surface area contributed by atoms with Crippen LogP contribution < -0.4 is 5.32 Å².